The number of phenolic OH excluding ortho intramolecular Hbond substituents is 4. The van der Waals surface area contributed by atoms with E-state index < -0.39 is 46.1 Å². The van der Waals surface area contributed by atoms with Crippen molar-refractivity contribution in [3.63, 3.8) is 0 Å². The Labute approximate surface area is 263 Å². The number of carbonyl (C=O) groups excluding carboxylic acids is 4. The van der Waals surface area contributed by atoms with Crippen LogP contribution in [0.3, 0.4) is 0 Å². The van der Waals surface area contributed by atoms with Crippen LogP contribution in [0.1, 0.15) is 102 Å². The molecule has 4 N–H and O–H groups in total. The highest BCUT2D eigenvalue weighted by molar-refractivity contribution is 6.31. The van der Waals surface area contributed by atoms with Crippen LogP contribution in [0.25, 0.3) is 0 Å². The van der Waals surface area contributed by atoms with E-state index in [2.05, 4.69) is 0 Å². The fourth-order valence-corrected chi connectivity index (χ4v) is 5.96. The van der Waals surface area contributed by atoms with Gasteiger partial charge in [-0.1, -0.05) is 74.2 Å². The van der Waals surface area contributed by atoms with E-state index in [-0.39, 0.29) is 69.2 Å². The summed E-state index contributed by atoms with van der Waals surface area (Å²) in [6, 6.07) is 14.9. The van der Waals surface area contributed by atoms with Crippen LogP contribution in [0.2, 0.25) is 0 Å². The smallest absolute Gasteiger partial charge is 0.198 e. The minimum atomic E-state index is -0.647. The molecular weight excluding hydrogens is 592 g/mol. The molecule has 234 valence electrons. The van der Waals surface area contributed by atoms with Gasteiger partial charge in [0.1, 0.15) is 11.5 Å². The van der Waals surface area contributed by atoms with Crippen molar-refractivity contribution >= 4 is 23.1 Å². The number of rotatable bonds is 11. The van der Waals surface area contributed by atoms with Gasteiger partial charge in [-0.25, -0.2) is 0 Å². The third kappa shape index (κ3) is 5.21. The first-order chi connectivity index (χ1) is 22.2. The van der Waals surface area contributed by atoms with Crippen molar-refractivity contribution in [1.29, 1.82) is 0 Å². The lowest BCUT2D eigenvalue weighted by atomic mass is 9.83. The van der Waals surface area contributed by atoms with E-state index in [1.165, 1.54) is 12.1 Å². The van der Waals surface area contributed by atoms with Crippen molar-refractivity contribution in [2.24, 2.45) is 0 Å². The van der Waals surface area contributed by atoms with Crippen LogP contribution in [-0.2, 0) is 0 Å². The van der Waals surface area contributed by atoms with Crippen LogP contribution in [0.5, 0.6) is 34.5 Å². The standard InChI is InChI=1S/C36H30O10/c37-23-17-25(27-29(35(23)43)33(41)21-13-7-5-11-19(21)31(27)39)45-15-9-3-1-2-4-10-16-46-26-18-24(38)36(44)30-28(26)32(40)20-12-6-8-14-22(20)34(30)42/h5-8,11-14,17-18,37-38,43-44H,1-4,9-10,15-16H2. The van der Waals surface area contributed by atoms with Crippen molar-refractivity contribution < 1.29 is 49.1 Å². The van der Waals surface area contributed by atoms with Gasteiger partial charge in [-0.05, 0) is 12.8 Å². The van der Waals surface area contributed by atoms with Crippen LogP contribution < -0.4 is 9.47 Å². The molecule has 0 aliphatic heterocycles. The number of aromatic hydroxyl groups is 4. The largest absolute Gasteiger partial charge is 0.504 e. The zero-order chi connectivity index (χ0) is 32.5. The van der Waals surface area contributed by atoms with E-state index in [1.54, 1.807) is 36.4 Å². The van der Waals surface area contributed by atoms with E-state index in [4.69, 9.17) is 9.47 Å². The number of phenols is 4. The zero-order valence-corrected chi connectivity index (χ0v) is 24.7. The van der Waals surface area contributed by atoms with E-state index in [0.717, 1.165) is 37.8 Å². The second-order valence-corrected chi connectivity index (χ2v) is 11.2. The van der Waals surface area contributed by atoms with Crippen LogP contribution in [0, 0.1) is 0 Å². The Balaban J connectivity index is 0.985. The summed E-state index contributed by atoms with van der Waals surface area (Å²) in [6.07, 6.45) is 4.62. The lowest BCUT2D eigenvalue weighted by molar-refractivity contribution is 0.0972. The summed E-state index contributed by atoms with van der Waals surface area (Å²) >= 11 is 0. The molecule has 4 aromatic rings. The van der Waals surface area contributed by atoms with Crippen molar-refractivity contribution in [2.75, 3.05) is 13.2 Å². The topological polar surface area (TPSA) is 168 Å². The molecule has 0 radical (unpaired) electrons. The molecule has 0 spiro atoms. The summed E-state index contributed by atoms with van der Waals surface area (Å²) in [5, 5.41) is 41.2. The third-order valence-corrected chi connectivity index (χ3v) is 8.28. The fraction of sp³-hybridized carbons (Fsp3) is 0.222. The summed E-state index contributed by atoms with van der Waals surface area (Å²) in [5.74, 6) is -4.31. The van der Waals surface area contributed by atoms with Gasteiger partial charge in [0.2, 0.25) is 0 Å². The number of hydrogen-bond donors (Lipinski definition) is 4. The van der Waals surface area contributed by atoms with E-state index in [9.17, 15) is 39.6 Å². The Hall–Kier alpha value is -5.64. The molecule has 0 atom stereocenters. The summed E-state index contributed by atoms with van der Waals surface area (Å²) in [5.41, 5.74) is 0.113. The highest BCUT2D eigenvalue weighted by Gasteiger charge is 2.37. The average molecular weight is 623 g/mol. The van der Waals surface area contributed by atoms with Gasteiger partial charge in [0.05, 0.1) is 35.5 Å². The van der Waals surface area contributed by atoms with Gasteiger partial charge >= 0.3 is 0 Å². The first kappa shape index (κ1) is 30.4. The fourth-order valence-electron chi connectivity index (χ4n) is 5.96. The molecule has 10 heteroatoms. The molecule has 46 heavy (non-hydrogen) atoms. The predicted molar refractivity (Wildman–Crippen MR) is 165 cm³/mol. The monoisotopic (exact) mass is 622 g/mol. The quantitative estimate of drug-likeness (QED) is 0.101. The lowest BCUT2D eigenvalue weighted by Gasteiger charge is -2.21. The summed E-state index contributed by atoms with van der Waals surface area (Å²) < 4.78 is 11.6. The van der Waals surface area contributed by atoms with E-state index >= 15 is 0 Å². The van der Waals surface area contributed by atoms with Gasteiger partial charge in [0.25, 0.3) is 0 Å². The zero-order valence-electron chi connectivity index (χ0n) is 24.7. The molecule has 0 unspecified atom stereocenters. The Bertz CT molecular complexity index is 1780. The first-order valence-electron chi connectivity index (χ1n) is 15.0. The third-order valence-electron chi connectivity index (χ3n) is 8.28. The van der Waals surface area contributed by atoms with Crippen LogP contribution in [0.15, 0.2) is 60.7 Å². The van der Waals surface area contributed by atoms with E-state index in [0.29, 0.717) is 12.8 Å². The van der Waals surface area contributed by atoms with Gasteiger partial charge in [-0.2, -0.15) is 0 Å². The molecule has 0 saturated carbocycles. The SMILES string of the molecule is O=C1c2ccccc2C(=O)c2c(O)c(O)cc(OCCCCCCCCOc3cc(O)c(O)c4c3C(=O)c3ccccc3C4=O)c21. The molecule has 0 fully saturated rings. The van der Waals surface area contributed by atoms with E-state index in [1.807, 2.05) is 0 Å². The first-order valence-corrected chi connectivity index (χ1v) is 15.0. The molecule has 2 aliphatic carbocycles. The number of carbonyl (C=O) groups is 4. The number of benzene rings is 4. The molecule has 6 rings (SSSR count). The minimum Gasteiger partial charge on any atom is -0.504 e. The van der Waals surface area contributed by atoms with Crippen LogP contribution in [-0.4, -0.2) is 56.8 Å². The second-order valence-electron chi connectivity index (χ2n) is 11.2. The van der Waals surface area contributed by atoms with Gasteiger partial charge in [0, 0.05) is 34.4 Å². The number of ketones is 4. The predicted octanol–water partition coefficient (Wildman–Crippen LogP) is 5.86. The molecule has 0 aromatic heterocycles. The van der Waals surface area contributed by atoms with Gasteiger partial charge in [0.15, 0.2) is 46.1 Å². The number of unbranched alkanes of at least 4 members (excludes halogenated alkanes) is 5. The molecule has 0 bridgehead atoms. The minimum absolute atomic E-state index is 0.0430. The Morgan fingerprint density at radius 2 is 0.739 bits per heavy atom. The maximum Gasteiger partial charge on any atom is 0.198 e. The average Bonchev–Trinajstić information content (AvgIpc) is 3.06. The molecule has 0 heterocycles. The molecule has 0 saturated heterocycles. The van der Waals surface area contributed by atoms with Crippen molar-refractivity contribution in [1.82, 2.24) is 0 Å². The summed E-state index contributed by atoms with van der Waals surface area (Å²) in [6.45, 7) is 0.461. The molecule has 4 aromatic carbocycles. The highest BCUT2D eigenvalue weighted by atomic mass is 16.5. The maximum atomic E-state index is 13.2. The second kappa shape index (κ2) is 12.4. The van der Waals surface area contributed by atoms with Gasteiger partial charge in [-0.3, -0.25) is 19.2 Å². The van der Waals surface area contributed by atoms with Gasteiger partial charge < -0.3 is 29.9 Å². The molecular formula is C36H30O10. The van der Waals surface area contributed by atoms with Gasteiger partial charge in [-0.15, -0.1) is 0 Å². The number of hydrogen-bond acceptors (Lipinski definition) is 10. The highest BCUT2D eigenvalue weighted by Crippen LogP contribution is 2.44. The van der Waals surface area contributed by atoms with Crippen molar-refractivity contribution in [3.05, 3.63) is 105 Å². The van der Waals surface area contributed by atoms with Crippen LogP contribution in [0.4, 0.5) is 0 Å². The summed E-state index contributed by atoms with van der Waals surface area (Å²) in [4.78, 5) is 52.4. The maximum absolute atomic E-state index is 13.2. The Kier molecular flexibility index (Phi) is 8.19. The van der Waals surface area contributed by atoms with Crippen molar-refractivity contribution in [3.8, 4) is 34.5 Å². The normalized spacial score (nSPS) is 13.1. The number of fused-ring (bicyclic) bond motifs is 4. The Morgan fingerprint density at radius 3 is 1.09 bits per heavy atom. The molecule has 2 aliphatic rings. The summed E-state index contributed by atoms with van der Waals surface area (Å²) in [7, 11) is 0. The molecule has 10 nitrogen and oxygen atoms in total. The van der Waals surface area contributed by atoms with Crippen LogP contribution >= 0.6 is 0 Å². The number of ether oxygens (including phenoxy) is 2. The lowest BCUT2D eigenvalue weighted by Crippen LogP contribution is -2.22. The Morgan fingerprint density at radius 1 is 0.435 bits per heavy atom. The van der Waals surface area contributed by atoms with Crippen molar-refractivity contribution in [2.45, 2.75) is 38.5 Å². The molecule has 0 amide bonds.